The van der Waals surface area contributed by atoms with E-state index in [2.05, 4.69) is 10.3 Å². The highest BCUT2D eigenvalue weighted by molar-refractivity contribution is 6.20. The van der Waals surface area contributed by atoms with Crippen LogP contribution in [0.15, 0.2) is 108 Å². The Morgan fingerprint density at radius 3 is 2.02 bits per heavy atom. The van der Waals surface area contributed by atoms with Gasteiger partial charge < -0.3 is 9.84 Å². The van der Waals surface area contributed by atoms with Crippen LogP contribution in [0.4, 0.5) is 10.5 Å². The lowest BCUT2D eigenvalue weighted by atomic mass is 9.98. The summed E-state index contributed by atoms with van der Waals surface area (Å²) in [7, 11) is 0. The minimum Gasteiger partial charge on any atom is -0.480 e. The second kappa shape index (κ2) is 10.5. The third-order valence-electron chi connectivity index (χ3n) is 7.15. The highest BCUT2D eigenvalue weighted by Crippen LogP contribution is 2.44. The van der Waals surface area contributed by atoms with E-state index in [1.54, 1.807) is 24.3 Å². The van der Waals surface area contributed by atoms with Gasteiger partial charge in [-0.05, 0) is 28.3 Å². The number of carbonyl (C=O) groups excluding carboxylic acids is 2. The zero-order chi connectivity index (χ0) is 27.6. The lowest BCUT2D eigenvalue weighted by Gasteiger charge is -2.23. The number of aliphatic carboxylic acids is 1. The maximum Gasteiger partial charge on any atom is 0.409 e. The van der Waals surface area contributed by atoms with Crippen molar-refractivity contribution >= 4 is 29.4 Å². The van der Waals surface area contributed by atoms with Gasteiger partial charge in [-0.15, -0.1) is 0 Å². The molecule has 8 nitrogen and oxygen atoms in total. The van der Waals surface area contributed by atoms with E-state index >= 15 is 0 Å². The Morgan fingerprint density at radius 1 is 0.800 bits per heavy atom. The van der Waals surface area contributed by atoms with E-state index in [-0.39, 0.29) is 12.5 Å². The Morgan fingerprint density at radius 2 is 1.38 bits per heavy atom. The molecule has 4 aromatic rings. The van der Waals surface area contributed by atoms with Crippen LogP contribution < -0.4 is 10.2 Å². The van der Waals surface area contributed by atoms with Crippen LogP contribution in [0, 0.1) is 0 Å². The molecule has 2 amide bonds. The van der Waals surface area contributed by atoms with Crippen LogP contribution >= 0.6 is 0 Å². The zero-order valence-electron chi connectivity index (χ0n) is 21.4. The molecule has 1 atom stereocenters. The number of para-hydroxylation sites is 1. The van der Waals surface area contributed by atoms with Gasteiger partial charge in [-0.1, -0.05) is 97.1 Å². The molecule has 0 bridgehead atoms. The maximum atomic E-state index is 13.6. The molecular weight excluding hydrogens is 506 g/mol. The molecule has 2 N–H and O–H groups in total. The lowest BCUT2D eigenvalue weighted by molar-refractivity contribution is -0.136. The van der Waals surface area contributed by atoms with E-state index < -0.39 is 30.7 Å². The highest BCUT2D eigenvalue weighted by Gasteiger charge is 2.35. The average Bonchev–Trinajstić information content (AvgIpc) is 3.25. The van der Waals surface area contributed by atoms with Gasteiger partial charge in [0.05, 0.1) is 11.4 Å². The molecule has 0 unspecified atom stereocenters. The Bertz CT molecular complexity index is 1600. The number of hydrogen-bond donors (Lipinski definition) is 2. The van der Waals surface area contributed by atoms with Gasteiger partial charge in [0, 0.05) is 17.0 Å². The van der Waals surface area contributed by atoms with Gasteiger partial charge in [-0.3, -0.25) is 19.8 Å². The summed E-state index contributed by atoms with van der Waals surface area (Å²) in [6.07, 6.45) is -2.21. The molecule has 198 valence electrons. The fraction of sp³-hybridized carbons (Fsp3) is 0.125. The summed E-state index contributed by atoms with van der Waals surface area (Å²) in [4.78, 5) is 44.2. The molecule has 6 rings (SSSR count). The lowest BCUT2D eigenvalue weighted by Crippen LogP contribution is -2.49. The fourth-order valence-electron chi connectivity index (χ4n) is 5.40. The third kappa shape index (κ3) is 4.60. The zero-order valence-corrected chi connectivity index (χ0v) is 21.4. The normalized spacial score (nSPS) is 15.8. The van der Waals surface area contributed by atoms with E-state index in [1.165, 1.54) is 0 Å². The van der Waals surface area contributed by atoms with E-state index in [9.17, 15) is 19.5 Å². The van der Waals surface area contributed by atoms with Crippen molar-refractivity contribution in [2.24, 2.45) is 4.99 Å². The number of rotatable bonds is 6. The molecule has 0 radical (unpaired) electrons. The minimum atomic E-state index is -1.39. The second-order valence-electron chi connectivity index (χ2n) is 9.55. The number of carbonyl (C=O) groups is 3. The van der Waals surface area contributed by atoms with E-state index in [4.69, 9.17) is 4.74 Å². The van der Waals surface area contributed by atoms with E-state index in [0.717, 1.165) is 32.7 Å². The van der Waals surface area contributed by atoms with E-state index in [0.29, 0.717) is 17.0 Å². The molecule has 0 spiro atoms. The summed E-state index contributed by atoms with van der Waals surface area (Å²) in [6.45, 7) is -0.522. The predicted octanol–water partition coefficient (Wildman–Crippen LogP) is 4.82. The SMILES string of the molecule is O=C(O)CN1C(=O)[C@@H](NC(=O)OCC2c3ccccc3-c3ccccc32)N=C(c2ccccc2)c2ccccc21. The molecule has 8 heteroatoms. The maximum absolute atomic E-state index is 13.6. The smallest absolute Gasteiger partial charge is 0.409 e. The minimum absolute atomic E-state index is 0.0646. The standard InChI is InChI=1S/C32H25N3O5/c36-28(37)18-35-27-17-9-8-16-25(27)29(20-10-2-1-3-11-20)33-30(31(35)38)34-32(39)40-19-26-23-14-6-4-12-21(23)22-13-5-7-15-24(22)26/h1-17,26,30H,18-19H2,(H,34,39)(H,36,37)/t30-/m1/s1. The Hall–Kier alpha value is -5.24. The molecule has 1 heterocycles. The van der Waals surface area contributed by atoms with Gasteiger partial charge >= 0.3 is 12.1 Å². The van der Waals surface area contributed by atoms with Crippen LogP contribution in [-0.2, 0) is 14.3 Å². The summed E-state index contributed by atoms with van der Waals surface area (Å²) in [5, 5.41) is 12.2. The summed E-state index contributed by atoms with van der Waals surface area (Å²) in [6, 6.07) is 32.2. The number of aliphatic imine (C=N–C) groups is 1. The number of amides is 2. The molecule has 1 aliphatic carbocycles. The van der Waals surface area contributed by atoms with Crippen molar-refractivity contribution < 1.29 is 24.2 Å². The summed E-state index contributed by atoms with van der Waals surface area (Å²) >= 11 is 0. The first kappa shape index (κ1) is 25.1. The predicted molar refractivity (Wildman–Crippen MR) is 151 cm³/mol. The van der Waals surface area contributed by atoms with E-state index in [1.807, 2.05) is 78.9 Å². The summed E-state index contributed by atoms with van der Waals surface area (Å²) in [5.74, 6) is -2.01. The molecule has 2 aliphatic rings. The van der Waals surface area contributed by atoms with Crippen molar-refractivity contribution in [1.29, 1.82) is 0 Å². The molecule has 0 saturated carbocycles. The van der Waals surface area contributed by atoms with Gasteiger partial charge in [-0.25, -0.2) is 9.79 Å². The topological polar surface area (TPSA) is 108 Å². The fourth-order valence-corrected chi connectivity index (χ4v) is 5.40. The average molecular weight is 532 g/mol. The number of alkyl carbamates (subject to hydrolysis) is 1. The second-order valence-corrected chi connectivity index (χ2v) is 9.55. The first-order valence-electron chi connectivity index (χ1n) is 12.9. The first-order valence-corrected chi connectivity index (χ1v) is 12.9. The number of benzene rings is 4. The van der Waals surface area contributed by atoms with Gasteiger partial charge in [0.2, 0.25) is 6.17 Å². The molecule has 0 aromatic heterocycles. The Balaban J connectivity index is 1.29. The van der Waals surface area contributed by atoms with Crippen molar-refractivity contribution in [3.05, 3.63) is 125 Å². The number of carboxylic acid groups (broad SMARTS) is 1. The number of benzodiazepines with no additional fused rings is 1. The quantitative estimate of drug-likeness (QED) is 0.371. The van der Waals surface area contributed by atoms with Gasteiger partial charge in [0.15, 0.2) is 0 Å². The number of hydrogen-bond acceptors (Lipinski definition) is 5. The van der Waals surface area contributed by atoms with Crippen LogP contribution in [0.2, 0.25) is 0 Å². The van der Waals surface area contributed by atoms with Crippen molar-refractivity contribution in [3.63, 3.8) is 0 Å². The number of fused-ring (bicyclic) bond motifs is 4. The molecule has 4 aromatic carbocycles. The Kier molecular flexibility index (Phi) is 6.57. The van der Waals surface area contributed by atoms with Gasteiger partial charge in [-0.2, -0.15) is 0 Å². The third-order valence-corrected chi connectivity index (χ3v) is 7.15. The number of carboxylic acids is 1. The van der Waals surface area contributed by atoms with Crippen molar-refractivity contribution in [1.82, 2.24) is 5.32 Å². The molecule has 1 aliphatic heterocycles. The number of nitrogens with one attached hydrogen (secondary N) is 1. The number of ether oxygens (including phenoxy) is 1. The summed E-state index contributed by atoms with van der Waals surface area (Å²) < 4.78 is 5.66. The van der Waals surface area contributed by atoms with Crippen molar-refractivity contribution in [2.75, 3.05) is 18.1 Å². The van der Waals surface area contributed by atoms with Crippen LogP contribution in [0.5, 0.6) is 0 Å². The van der Waals surface area contributed by atoms with Crippen LogP contribution in [0.1, 0.15) is 28.2 Å². The monoisotopic (exact) mass is 531 g/mol. The van der Waals surface area contributed by atoms with Crippen molar-refractivity contribution in [3.8, 4) is 11.1 Å². The van der Waals surface area contributed by atoms with Gasteiger partial charge in [0.25, 0.3) is 5.91 Å². The van der Waals surface area contributed by atoms with Crippen molar-refractivity contribution in [2.45, 2.75) is 12.1 Å². The molecular formula is C32H25N3O5. The first-order chi connectivity index (χ1) is 19.5. The van der Waals surface area contributed by atoms with Gasteiger partial charge in [0.1, 0.15) is 13.2 Å². The highest BCUT2D eigenvalue weighted by atomic mass is 16.5. The molecule has 0 fully saturated rings. The summed E-state index contributed by atoms with van der Waals surface area (Å²) in [5.41, 5.74) is 6.50. The Labute approximate surface area is 230 Å². The molecule has 0 saturated heterocycles. The van der Waals surface area contributed by atoms with Crippen LogP contribution in [0.25, 0.3) is 11.1 Å². The number of anilines is 1. The van der Waals surface area contributed by atoms with Crippen LogP contribution in [-0.4, -0.2) is 48.1 Å². The number of nitrogens with zero attached hydrogens (tertiary/aromatic N) is 2. The largest absolute Gasteiger partial charge is 0.480 e. The van der Waals surface area contributed by atoms with Crippen LogP contribution in [0.3, 0.4) is 0 Å². The molecule has 40 heavy (non-hydrogen) atoms.